The van der Waals surface area contributed by atoms with Crippen LogP contribution in [0, 0.1) is 5.92 Å². The highest BCUT2D eigenvalue weighted by molar-refractivity contribution is 7.15. The number of benzene rings is 1. The molecule has 1 aliphatic carbocycles. The van der Waals surface area contributed by atoms with Crippen molar-refractivity contribution in [2.75, 3.05) is 18.5 Å². The topological polar surface area (TPSA) is 64.6 Å². The molecule has 156 valence electrons. The van der Waals surface area contributed by atoms with Crippen LogP contribution < -0.4 is 10.1 Å². The van der Waals surface area contributed by atoms with Crippen LogP contribution in [-0.2, 0) is 9.53 Å². The molecule has 1 saturated carbocycles. The lowest BCUT2D eigenvalue weighted by atomic mass is 9.88. The fraction of sp³-hybridized carbons (Fsp3) is 0.478. The van der Waals surface area contributed by atoms with Crippen LogP contribution in [0.15, 0.2) is 29.6 Å². The molecule has 3 rings (SSSR count). The quantitative estimate of drug-likeness (QED) is 0.545. The molecule has 29 heavy (non-hydrogen) atoms. The monoisotopic (exact) mass is 415 g/mol. The molecule has 0 spiro atoms. The predicted octanol–water partition coefficient (Wildman–Crippen LogP) is 5.90. The highest BCUT2D eigenvalue weighted by atomic mass is 32.1. The van der Waals surface area contributed by atoms with Gasteiger partial charge in [0.1, 0.15) is 16.3 Å². The third kappa shape index (κ3) is 5.38. The Kier molecular flexibility index (Phi) is 7.69. The van der Waals surface area contributed by atoms with Gasteiger partial charge >= 0.3 is 5.97 Å². The molecule has 6 heteroatoms. The molecule has 1 aromatic carbocycles. The molecule has 1 aliphatic rings. The van der Waals surface area contributed by atoms with E-state index in [0.717, 1.165) is 49.0 Å². The number of hydrogen-bond donors (Lipinski definition) is 1. The molecular formula is C23H29NO4S. The highest BCUT2D eigenvalue weighted by Crippen LogP contribution is 2.37. The predicted molar refractivity (Wildman–Crippen MR) is 117 cm³/mol. The van der Waals surface area contributed by atoms with Crippen LogP contribution in [0.4, 0.5) is 5.00 Å². The van der Waals surface area contributed by atoms with Crippen LogP contribution in [0.5, 0.6) is 5.75 Å². The first-order chi connectivity index (χ1) is 14.1. The fourth-order valence-corrected chi connectivity index (χ4v) is 4.56. The summed E-state index contributed by atoms with van der Waals surface area (Å²) >= 11 is 1.37. The summed E-state index contributed by atoms with van der Waals surface area (Å²) in [6.07, 6.45) is 6.15. The Bertz CT molecular complexity index is 822. The Morgan fingerprint density at radius 2 is 1.83 bits per heavy atom. The maximum Gasteiger partial charge on any atom is 0.341 e. The van der Waals surface area contributed by atoms with Gasteiger partial charge in [0.2, 0.25) is 5.91 Å². The van der Waals surface area contributed by atoms with E-state index in [4.69, 9.17) is 9.47 Å². The summed E-state index contributed by atoms with van der Waals surface area (Å²) in [6.45, 7) is 4.80. The molecule has 0 radical (unpaired) electrons. The van der Waals surface area contributed by atoms with Crippen molar-refractivity contribution in [2.45, 2.75) is 52.4 Å². The number of nitrogens with one attached hydrogen (secondary N) is 1. The van der Waals surface area contributed by atoms with E-state index < -0.39 is 5.97 Å². The van der Waals surface area contributed by atoms with Gasteiger partial charge in [-0.15, -0.1) is 11.3 Å². The molecule has 1 N–H and O–H groups in total. The van der Waals surface area contributed by atoms with Crippen LogP contribution in [0.25, 0.3) is 11.1 Å². The Morgan fingerprint density at radius 1 is 1.10 bits per heavy atom. The third-order valence-corrected chi connectivity index (χ3v) is 6.02. The Balaban J connectivity index is 1.85. The smallest absolute Gasteiger partial charge is 0.341 e. The maximum atomic E-state index is 12.7. The summed E-state index contributed by atoms with van der Waals surface area (Å²) in [6, 6.07) is 7.67. The number of rotatable bonds is 8. The Morgan fingerprint density at radius 3 is 2.48 bits per heavy atom. The van der Waals surface area contributed by atoms with Crippen molar-refractivity contribution in [1.29, 1.82) is 0 Å². The van der Waals surface area contributed by atoms with Crippen LogP contribution in [0.3, 0.4) is 0 Å². The van der Waals surface area contributed by atoms with E-state index in [1.54, 1.807) is 6.92 Å². The van der Waals surface area contributed by atoms with Crippen molar-refractivity contribution in [3.8, 4) is 16.9 Å². The minimum absolute atomic E-state index is 0.00645. The number of carbonyl (C=O) groups excluding carboxylic acids is 2. The van der Waals surface area contributed by atoms with Crippen molar-refractivity contribution in [3.05, 3.63) is 35.2 Å². The molecular weight excluding hydrogens is 386 g/mol. The SMILES string of the molecule is CCCOc1ccc(-c2csc(NC(=O)C3CCCCC3)c2C(=O)OCC)cc1. The summed E-state index contributed by atoms with van der Waals surface area (Å²) in [4.78, 5) is 25.4. The van der Waals surface area contributed by atoms with Crippen molar-refractivity contribution in [1.82, 2.24) is 0 Å². The van der Waals surface area contributed by atoms with Crippen LogP contribution in [0.2, 0.25) is 0 Å². The van der Waals surface area contributed by atoms with E-state index in [9.17, 15) is 9.59 Å². The van der Waals surface area contributed by atoms with Gasteiger partial charge in [0.15, 0.2) is 0 Å². The number of anilines is 1. The van der Waals surface area contributed by atoms with Gasteiger partial charge in [-0.1, -0.05) is 38.3 Å². The van der Waals surface area contributed by atoms with Crippen LogP contribution in [0.1, 0.15) is 62.7 Å². The molecule has 0 saturated heterocycles. The third-order valence-electron chi connectivity index (χ3n) is 5.12. The van der Waals surface area contributed by atoms with Gasteiger partial charge in [0.05, 0.1) is 13.2 Å². The largest absolute Gasteiger partial charge is 0.494 e. The minimum Gasteiger partial charge on any atom is -0.494 e. The number of thiophene rings is 1. The lowest BCUT2D eigenvalue weighted by molar-refractivity contribution is -0.120. The van der Waals surface area contributed by atoms with Gasteiger partial charge in [0, 0.05) is 16.9 Å². The summed E-state index contributed by atoms with van der Waals surface area (Å²) in [5.41, 5.74) is 2.10. The number of amides is 1. The number of hydrogen-bond acceptors (Lipinski definition) is 5. The summed E-state index contributed by atoms with van der Waals surface area (Å²) in [7, 11) is 0. The lowest BCUT2D eigenvalue weighted by Crippen LogP contribution is -2.25. The highest BCUT2D eigenvalue weighted by Gasteiger charge is 2.26. The average molecular weight is 416 g/mol. The zero-order chi connectivity index (χ0) is 20.6. The average Bonchev–Trinajstić information content (AvgIpc) is 3.17. The van der Waals surface area contributed by atoms with E-state index >= 15 is 0 Å². The molecule has 1 amide bonds. The molecule has 1 heterocycles. The molecule has 1 aromatic heterocycles. The first kappa shape index (κ1) is 21.4. The van der Waals surface area contributed by atoms with E-state index in [2.05, 4.69) is 12.2 Å². The molecule has 2 aromatic rings. The van der Waals surface area contributed by atoms with Gasteiger partial charge < -0.3 is 14.8 Å². The first-order valence-corrected chi connectivity index (χ1v) is 11.3. The Labute approximate surface area is 176 Å². The second kappa shape index (κ2) is 10.4. The molecule has 0 atom stereocenters. The standard InChI is InChI=1S/C23H29NO4S/c1-3-14-28-18-12-10-16(11-13-18)19-15-29-22(20(19)23(26)27-4-2)24-21(25)17-8-6-5-7-9-17/h10-13,15,17H,3-9,14H2,1-2H3,(H,24,25). The van der Waals surface area contributed by atoms with Crippen LogP contribution in [-0.4, -0.2) is 25.1 Å². The zero-order valence-corrected chi connectivity index (χ0v) is 18.0. The second-order valence-electron chi connectivity index (χ2n) is 7.27. The van der Waals surface area contributed by atoms with Crippen LogP contribution >= 0.6 is 11.3 Å². The van der Waals surface area contributed by atoms with Gasteiger partial charge in [-0.25, -0.2) is 4.79 Å². The second-order valence-corrected chi connectivity index (χ2v) is 8.15. The van der Waals surface area contributed by atoms with E-state index in [0.29, 0.717) is 17.2 Å². The van der Waals surface area contributed by atoms with Gasteiger partial charge in [-0.2, -0.15) is 0 Å². The minimum atomic E-state index is -0.408. The molecule has 0 aliphatic heterocycles. The van der Waals surface area contributed by atoms with E-state index in [-0.39, 0.29) is 18.4 Å². The van der Waals surface area contributed by atoms with Gasteiger partial charge in [-0.05, 0) is 43.9 Å². The fourth-order valence-electron chi connectivity index (χ4n) is 3.60. The normalized spacial score (nSPS) is 14.4. The summed E-state index contributed by atoms with van der Waals surface area (Å²) in [5.74, 6) is 0.426. The van der Waals surface area contributed by atoms with Crippen molar-refractivity contribution < 1.29 is 19.1 Å². The number of ether oxygens (including phenoxy) is 2. The van der Waals surface area contributed by atoms with E-state index in [1.165, 1.54) is 17.8 Å². The molecule has 0 bridgehead atoms. The molecule has 1 fully saturated rings. The zero-order valence-electron chi connectivity index (χ0n) is 17.2. The number of esters is 1. The molecule has 5 nitrogen and oxygen atoms in total. The molecule has 0 unspecified atom stereocenters. The first-order valence-electron chi connectivity index (χ1n) is 10.5. The lowest BCUT2D eigenvalue weighted by Gasteiger charge is -2.20. The van der Waals surface area contributed by atoms with E-state index in [1.807, 2.05) is 29.6 Å². The summed E-state index contributed by atoms with van der Waals surface area (Å²) < 4.78 is 10.9. The number of carbonyl (C=O) groups is 2. The van der Waals surface area contributed by atoms with Crippen molar-refractivity contribution in [2.24, 2.45) is 5.92 Å². The van der Waals surface area contributed by atoms with Gasteiger partial charge in [0.25, 0.3) is 0 Å². The maximum absolute atomic E-state index is 12.7. The summed E-state index contributed by atoms with van der Waals surface area (Å²) in [5, 5.41) is 5.48. The van der Waals surface area contributed by atoms with Crippen molar-refractivity contribution in [3.63, 3.8) is 0 Å². The van der Waals surface area contributed by atoms with Crippen molar-refractivity contribution >= 4 is 28.2 Å². The van der Waals surface area contributed by atoms with Gasteiger partial charge in [-0.3, -0.25) is 4.79 Å². The Hall–Kier alpha value is -2.34.